The zero-order chi connectivity index (χ0) is 21.5. The molecule has 1 heterocycles. The number of imide groups is 1. The molecule has 1 aliphatic heterocycles. The number of fused-ring (bicyclic) bond motifs is 5. The largest absolute Gasteiger partial charge is 0.488 e. The normalized spacial score (nSPS) is 26.1. The highest BCUT2D eigenvalue weighted by Crippen LogP contribution is 2.52. The number of aromatic carboxylic acids is 1. The molecule has 0 spiro atoms. The highest BCUT2D eigenvalue weighted by molar-refractivity contribution is 6.06. The number of hydrogen-bond donors (Lipinski definition) is 1. The summed E-state index contributed by atoms with van der Waals surface area (Å²) in [6, 6.07) is 13.7. The van der Waals surface area contributed by atoms with Gasteiger partial charge in [0, 0.05) is 5.56 Å². The summed E-state index contributed by atoms with van der Waals surface area (Å²) in [5.74, 6) is -1.22. The van der Waals surface area contributed by atoms with Crippen LogP contribution in [0.5, 0.6) is 5.75 Å². The number of hydrazone groups is 1. The van der Waals surface area contributed by atoms with Gasteiger partial charge in [0.1, 0.15) is 12.4 Å². The summed E-state index contributed by atoms with van der Waals surface area (Å²) in [7, 11) is 0. The highest BCUT2D eigenvalue weighted by Gasteiger charge is 2.59. The lowest BCUT2D eigenvalue weighted by Crippen LogP contribution is -2.28. The smallest absolute Gasteiger partial charge is 0.335 e. The number of benzene rings is 2. The molecule has 2 aliphatic carbocycles. The lowest BCUT2D eigenvalue weighted by Gasteiger charge is -2.13. The number of amides is 2. The molecular weight excluding hydrogens is 396 g/mol. The van der Waals surface area contributed by atoms with Gasteiger partial charge in [0.25, 0.3) is 11.8 Å². The molecular formula is C24H20N2O5. The van der Waals surface area contributed by atoms with Crippen molar-refractivity contribution >= 4 is 24.0 Å². The molecule has 3 aliphatic rings. The average molecular weight is 416 g/mol. The van der Waals surface area contributed by atoms with Crippen LogP contribution in [0, 0.1) is 23.7 Å². The van der Waals surface area contributed by atoms with Crippen molar-refractivity contribution in [2.45, 2.75) is 13.0 Å². The number of ether oxygens (including phenoxy) is 1. The van der Waals surface area contributed by atoms with Crippen LogP contribution in [0.25, 0.3) is 0 Å². The van der Waals surface area contributed by atoms with E-state index in [1.807, 2.05) is 18.2 Å². The number of allylic oxidation sites excluding steroid dienone is 2. The fraction of sp³-hybridized carbons (Fsp3) is 0.250. The third-order valence-corrected chi connectivity index (χ3v) is 6.25. The Balaban J connectivity index is 1.32. The van der Waals surface area contributed by atoms with Gasteiger partial charge in [-0.3, -0.25) is 9.59 Å². The second-order valence-corrected chi connectivity index (χ2v) is 8.06. The Morgan fingerprint density at radius 3 is 2.48 bits per heavy atom. The van der Waals surface area contributed by atoms with E-state index in [2.05, 4.69) is 5.10 Å². The molecule has 2 bridgehead atoms. The maximum Gasteiger partial charge on any atom is 0.335 e. The van der Waals surface area contributed by atoms with Crippen LogP contribution in [0.15, 0.2) is 65.8 Å². The van der Waals surface area contributed by atoms with E-state index in [0.29, 0.717) is 16.9 Å². The molecule has 0 aromatic heterocycles. The highest BCUT2D eigenvalue weighted by atomic mass is 16.5. The van der Waals surface area contributed by atoms with Gasteiger partial charge in [0.15, 0.2) is 0 Å². The number of hydrogen-bond acceptors (Lipinski definition) is 5. The third kappa shape index (κ3) is 3.32. The average Bonchev–Trinajstić information content (AvgIpc) is 3.46. The van der Waals surface area contributed by atoms with Crippen LogP contribution in [0.1, 0.15) is 27.9 Å². The first-order valence-corrected chi connectivity index (χ1v) is 10.2. The molecule has 1 saturated carbocycles. The van der Waals surface area contributed by atoms with E-state index >= 15 is 0 Å². The van der Waals surface area contributed by atoms with Crippen molar-refractivity contribution in [2.75, 3.05) is 0 Å². The number of carbonyl (C=O) groups excluding carboxylic acids is 2. The van der Waals surface area contributed by atoms with Crippen LogP contribution < -0.4 is 4.74 Å². The summed E-state index contributed by atoms with van der Waals surface area (Å²) < 4.78 is 5.86. The van der Waals surface area contributed by atoms with Crippen molar-refractivity contribution in [2.24, 2.45) is 28.8 Å². The van der Waals surface area contributed by atoms with Crippen LogP contribution >= 0.6 is 0 Å². The molecule has 1 N–H and O–H groups in total. The quantitative estimate of drug-likeness (QED) is 0.443. The van der Waals surface area contributed by atoms with Crippen LogP contribution in [-0.4, -0.2) is 34.1 Å². The molecule has 5 rings (SSSR count). The van der Waals surface area contributed by atoms with E-state index in [-0.39, 0.29) is 47.7 Å². The van der Waals surface area contributed by atoms with Crippen LogP contribution in [0.4, 0.5) is 0 Å². The molecule has 2 aromatic carbocycles. The number of nitrogens with zero attached hydrogens (tertiary/aromatic N) is 2. The van der Waals surface area contributed by atoms with Crippen molar-refractivity contribution < 1.29 is 24.2 Å². The summed E-state index contributed by atoms with van der Waals surface area (Å²) in [4.78, 5) is 36.7. The Bertz CT molecular complexity index is 1110. The molecule has 7 nitrogen and oxygen atoms in total. The molecule has 7 heteroatoms. The molecule has 1 saturated heterocycles. The predicted molar refractivity (Wildman–Crippen MR) is 111 cm³/mol. The molecule has 2 fully saturated rings. The number of carboxylic acid groups (broad SMARTS) is 1. The monoisotopic (exact) mass is 416 g/mol. The first kappa shape index (κ1) is 19.2. The fourth-order valence-electron chi connectivity index (χ4n) is 4.79. The molecule has 4 unspecified atom stereocenters. The molecule has 156 valence electrons. The Kier molecular flexibility index (Phi) is 4.66. The van der Waals surface area contributed by atoms with E-state index in [4.69, 9.17) is 9.84 Å². The summed E-state index contributed by atoms with van der Waals surface area (Å²) >= 11 is 0. The lowest BCUT2D eigenvalue weighted by molar-refractivity contribution is -0.140. The zero-order valence-corrected chi connectivity index (χ0v) is 16.5. The Morgan fingerprint density at radius 1 is 1.06 bits per heavy atom. The van der Waals surface area contributed by atoms with Gasteiger partial charge in [-0.1, -0.05) is 36.4 Å². The Labute approximate surface area is 178 Å². The van der Waals surface area contributed by atoms with Crippen molar-refractivity contribution in [1.29, 1.82) is 0 Å². The van der Waals surface area contributed by atoms with Gasteiger partial charge in [-0.05, 0) is 48.1 Å². The first-order valence-electron chi connectivity index (χ1n) is 10.2. The lowest BCUT2D eigenvalue weighted by atomic mass is 9.85. The minimum Gasteiger partial charge on any atom is -0.488 e. The van der Waals surface area contributed by atoms with Crippen molar-refractivity contribution in [3.63, 3.8) is 0 Å². The second kappa shape index (κ2) is 7.50. The SMILES string of the molecule is O=C(O)c1cccc(COc2ccccc2C=NN2C(=O)C3C4C=CC(C4)C3C2=O)c1. The Morgan fingerprint density at radius 2 is 1.77 bits per heavy atom. The molecule has 2 aromatic rings. The van der Waals surface area contributed by atoms with Crippen LogP contribution in [0.3, 0.4) is 0 Å². The zero-order valence-electron chi connectivity index (χ0n) is 16.5. The van der Waals surface area contributed by atoms with Gasteiger partial charge in [-0.15, -0.1) is 0 Å². The minimum atomic E-state index is -0.997. The van der Waals surface area contributed by atoms with E-state index in [9.17, 15) is 14.4 Å². The minimum absolute atomic E-state index is 0.142. The van der Waals surface area contributed by atoms with Gasteiger partial charge >= 0.3 is 5.97 Å². The number of rotatable bonds is 6. The van der Waals surface area contributed by atoms with Crippen LogP contribution in [-0.2, 0) is 16.2 Å². The third-order valence-electron chi connectivity index (χ3n) is 6.25. The number of para-hydroxylation sites is 1. The molecule has 2 amide bonds. The summed E-state index contributed by atoms with van der Waals surface area (Å²) in [6.07, 6.45) is 6.44. The summed E-state index contributed by atoms with van der Waals surface area (Å²) in [5, 5.41) is 14.3. The van der Waals surface area contributed by atoms with E-state index in [1.165, 1.54) is 12.3 Å². The second-order valence-electron chi connectivity index (χ2n) is 8.06. The number of carbonyl (C=O) groups is 3. The summed E-state index contributed by atoms with van der Waals surface area (Å²) in [5.41, 5.74) is 1.53. The van der Waals surface area contributed by atoms with Gasteiger partial charge < -0.3 is 9.84 Å². The van der Waals surface area contributed by atoms with Crippen LogP contribution in [0.2, 0.25) is 0 Å². The van der Waals surface area contributed by atoms with E-state index in [1.54, 1.807) is 36.4 Å². The molecule has 4 atom stereocenters. The first-order chi connectivity index (χ1) is 15.0. The van der Waals surface area contributed by atoms with E-state index < -0.39 is 5.97 Å². The van der Waals surface area contributed by atoms with Crippen molar-refractivity contribution in [3.05, 3.63) is 77.4 Å². The van der Waals surface area contributed by atoms with Gasteiger partial charge in [0.2, 0.25) is 0 Å². The molecule has 0 radical (unpaired) electrons. The maximum absolute atomic E-state index is 12.8. The summed E-state index contributed by atoms with van der Waals surface area (Å²) in [6.45, 7) is 0.173. The fourth-order valence-corrected chi connectivity index (χ4v) is 4.79. The van der Waals surface area contributed by atoms with Gasteiger partial charge in [-0.25, -0.2) is 4.79 Å². The van der Waals surface area contributed by atoms with Crippen molar-refractivity contribution in [1.82, 2.24) is 5.01 Å². The van der Waals surface area contributed by atoms with Gasteiger partial charge in [0.05, 0.1) is 23.6 Å². The molecule has 31 heavy (non-hydrogen) atoms. The topological polar surface area (TPSA) is 96.3 Å². The van der Waals surface area contributed by atoms with Crippen molar-refractivity contribution in [3.8, 4) is 5.75 Å². The standard InChI is InChI=1S/C24H20N2O5/c27-22-20-15-8-9-16(11-15)21(20)23(28)26(22)25-12-18-5-1-2-7-19(18)31-13-14-4-3-6-17(10-14)24(29)30/h1-10,12,15-16,20-21H,11,13H2,(H,29,30). The predicted octanol–water partition coefficient (Wildman–Crippen LogP) is 3.10. The number of carboxylic acids is 1. The van der Waals surface area contributed by atoms with Gasteiger partial charge in [-0.2, -0.15) is 10.1 Å². The maximum atomic E-state index is 12.8. The Hall–Kier alpha value is -3.74. The van der Waals surface area contributed by atoms with E-state index in [0.717, 1.165) is 11.4 Å².